The molecule has 0 amide bonds. The highest BCUT2D eigenvalue weighted by Gasteiger charge is 2.02. The van der Waals surface area contributed by atoms with Gasteiger partial charge in [0.1, 0.15) is 12.4 Å². The molecule has 1 N–H and O–H groups in total. The first-order chi connectivity index (χ1) is 9.69. The van der Waals surface area contributed by atoms with Gasteiger partial charge in [0.25, 0.3) is 0 Å². The smallest absolute Gasteiger partial charge is 0.335 e. The molecule has 2 rings (SSSR count). The summed E-state index contributed by atoms with van der Waals surface area (Å²) < 4.78 is 5.61. The van der Waals surface area contributed by atoms with Gasteiger partial charge in [-0.3, -0.25) is 0 Å². The highest BCUT2D eigenvalue weighted by atomic mass is 16.5. The van der Waals surface area contributed by atoms with Crippen molar-refractivity contribution in [1.29, 1.82) is 0 Å². The van der Waals surface area contributed by atoms with E-state index in [9.17, 15) is 4.79 Å². The normalized spacial score (nSPS) is 10.0. The van der Waals surface area contributed by atoms with Gasteiger partial charge in [-0.05, 0) is 41.8 Å². The molecule has 0 bridgehead atoms. The zero-order valence-corrected chi connectivity index (χ0v) is 11.1. The highest BCUT2D eigenvalue weighted by Crippen LogP contribution is 2.15. The second-order valence-electron chi connectivity index (χ2n) is 4.43. The Balaban J connectivity index is 1.94. The fourth-order valence-corrected chi connectivity index (χ4v) is 1.80. The van der Waals surface area contributed by atoms with Crippen LogP contribution in [0.15, 0.2) is 61.2 Å². The first-order valence-electron chi connectivity index (χ1n) is 6.34. The third kappa shape index (κ3) is 3.72. The molecule has 0 radical (unpaired) electrons. The van der Waals surface area contributed by atoms with Crippen LogP contribution < -0.4 is 4.74 Å². The van der Waals surface area contributed by atoms with E-state index in [1.165, 1.54) is 17.7 Å². The molecule has 0 fully saturated rings. The molecule has 0 saturated heterocycles. The van der Waals surface area contributed by atoms with Crippen LogP contribution >= 0.6 is 0 Å². The lowest BCUT2D eigenvalue weighted by molar-refractivity contribution is 0.0697. The zero-order valence-electron chi connectivity index (χ0n) is 11.1. The van der Waals surface area contributed by atoms with E-state index in [2.05, 4.69) is 6.58 Å². The molecule has 0 saturated carbocycles. The van der Waals surface area contributed by atoms with Crippen LogP contribution in [0, 0.1) is 0 Å². The average molecular weight is 268 g/mol. The van der Waals surface area contributed by atoms with Crippen LogP contribution in [-0.4, -0.2) is 11.1 Å². The van der Waals surface area contributed by atoms with E-state index in [0.717, 1.165) is 12.0 Å². The van der Waals surface area contributed by atoms with E-state index in [1.54, 1.807) is 12.1 Å². The number of ether oxygens (including phenoxy) is 1. The third-order valence-corrected chi connectivity index (χ3v) is 2.91. The molecule has 0 aliphatic carbocycles. The number of carbonyl (C=O) groups is 1. The van der Waals surface area contributed by atoms with Gasteiger partial charge < -0.3 is 9.84 Å². The van der Waals surface area contributed by atoms with Gasteiger partial charge in [-0.15, -0.1) is 6.58 Å². The van der Waals surface area contributed by atoms with Gasteiger partial charge in [-0.2, -0.15) is 0 Å². The van der Waals surface area contributed by atoms with Gasteiger partial charge in [0, 0.05) is 0 Å². The second kappa shape index (κ2) is 6.57. The van der Waals surface area contributed by atoms with Crippen molar-refractivity contribution in [3.63, 3.8) is 0 Å². The number of hydrogen-bond donors (Lipinski definition) is 1. The average Bonchev–Trinajstić information content (AvgIpc) is 2.47. The van der Waals surface area contributed by atoms with Crippen LogP contribution in [-0.2, 0) is 13.0 Å². The minimum atomic E-state index is -0.936. The summed E-state index contributed by atoms with van der Waals surface area (Å²) in [5.41, 5.74) is 2.54. The van der Waals surface area contributed by atoms with Crippen LogP contribution in [0.3, 0.4) is 0 Å². The maximum absolute atomic E-state index is 10.7. The molecule has 0 aliphatic rings. The van der Waals surface area contributed by atoms with Gasteiger partial charge in [-0.1, -0.05) is 30.3 Å². The Kier molecular flexibility index (Phi) is 4.56. The van der Waals surface area contributed by atoms with E-state index < -0.39 is 5.97 Å². The Morgan fingerprint density at radius 2 is 1.65 bits per heavy atom. The molecule has 0 aliphatic heterocycles. The lowest BCUT2D eigenvalue weighted by Crippen LogP contribution is -1.98. The maximum Gasteiger partial charge on any atom is 0.335 e. The van der Waals surface area contributed by atoms with Crippen molar-refractivity contribution in [2.45, 2.75) is 13.0 Å². The summed E-state index contributed by atoms with van der Waals surface area (Å²) in [5.74, 6) is -0.278. The Morgan fingerprint density at radius 1 is 1.05 bits per heavy atom. The minimum Gasteiger partial charge on any atom is -0.489 e. The first-order valence-corrected chi connectivity index (χ1v) is 6.34. The molecule has 0 atom stereocenters. The van der Waals surface area contributed by atoms with Crippen LogP contribution in [0.5, 0.6) is 5.75 Å². The summed E-state index contributed by atoms with van der Waals surface area (Å²) in [4.78, 5) is 10.7. The van der Waals surface area contributed by atoms with Gasteiger partial charge in [-0.25, -0.2) is 4.79 Å². The second-order valence-corrected chi connectivity index (χ2v) is 4.43. The van der Waals surface area contributed by atoms with Crippen molar-refractivity contribution in [1.82, 2.24) is 0 Å². The summed E-state index contributed by atoms with van der Waals surface area (Å²) in [6, 6.07) is 14.5. The van der Waals surface area contributed by atoms with Crippen molar-refractivity contribution in [2.24, 2.45) is 0 Å². The quantitative estimate of drug-likeness (QED) is 0.813. The van der Waals surface area contributed by atoms with Gasteiger partial charge in [0.2, 0.25) is 0 Å². The van der Waals surface area contributed by atoms with Crippen molar-refractivity contribution >= 4 is 5.97 Å². The predicted molar refractivity (Wildman–Crippen MR) is 78.1 cm³/mol. The van der Waals surface area contributed by atoms with E-state index in [-0.39, 0.29) is 5.56 Å². The fraction of sp³-hybridized carbons (Fsp3) is 0.118. The highest BCUT2D eigenvalue weighted by molar-refractivity contribution is 5.87. The van der Waals surface area contributed by atoms with Crippen LogP contribution in [0.25, 0.3) is 0 Å². The molecule has 3 nitrogen and oxygen atoms in total. The number of carboxylic acid groups (broad SMARTS) is 1. The summed E-state index contributed by atoms with van der Waals surface area (Å²) >= 11 is 0. The topological polar surface area (TPSA) is 46.5 Å². The molecule has 3 heteroatoms. The number of allylic oxidation sites excluding steroid dienone is 1. The van der Waals surface area contributed by atoms with Crippen molar-refractivity contribution in [2.75, 3.05) is 0 Å². The molecular weight excluding hydrogens is 252 g/mol. The molecule has 0 heterocycles. The molecular formula is C17H16O3. The molecule has 102 valence electrons. The Labute approximate surface area is 118 Å². The molecule has 20 heavy (non-hydrogen) atoms. The van der Waals surface area contributed by atoms with E-state index >= 15 is 0 Å². The Hall–Kier alpha value is -2.55. The standard InChI is InChI=1S/C17H16O3/c1-2-3-13-4-6-14(7-5-13)12-20-16-10-8-15(9-11-16)17(18)19/h2,4-11H,1,3,12H2,(H,18,19). The summed E-state index contributed by atoms with van der Waals surface area (Å²) in [6.07, 6.45) is 2.73. The molecule has 0 aromatic heterocycles. The lowest BCUT2D eigenvalue weighted by atomic mass is 10.1. The minimum absolute atomic E-state index is 0.256. The van der Waals surface area contributed by atoms with E-state index in [0.29, 0.717) is 12.4 Å². The number of aromatic carboxylic acids is 1. The molecule has 2 aromatic carbocycles. The SMILES string of the molecule is C=CCc1ccc(COc2ccc(C(=O)O)cc2)cc1. The van der Waals surface area contributed by atoms with Gasteiger partial charge >= 0.3 is 5.97 Å². The lowest BCUT2D eigenvalue weighted by Gasteiger charge is -2.07. The first kappa shape index (κ1) is 13.9. The molecule has 0 unspecified atom stereocenters. The number of carboxylic acids is 1. The van der Waals surface area contributed by atoms with Crippen LogP contribution in [0.2, 0.25) is 0 Å². The van der Waals surface area contributed by atoms with E-state index in [4.69, 9.17) is 9.84 Å². The maximum atomic E-state index is 10.7. The number of hydrogen-bond acceptors (Lipinski definition) is 2. The summed E-state index contributed by atoms with van der Waals surface area (Å²) in [5, 5.41) is 8.81. The fourth-order valence-electron chi connectivity index (χ4n) is 1.80. The predicted octanol–water partition coefficient (Wildman–Crippen LogP) is 3.69. The van der Waals surface area contributed by atoms with Crippen molar-refractivity contribution in [3.05, 3.63) is 77.9 Å². The van der Waals surface area contributed by atoms with Crippen molar-refractivity contribution < 1.29 is 14.6 Å². The summed E-state index contributed by atoms with van der Waals surface area (Å²) in [6.45, 7) is 4.17. The summed E-state index contributed by atoms with van der Waals surface area (Å²) in [7, 11) is 0. The molecule has 2 aromatic rings. The number of rotatable bonds is 6. The van der Waals surface area contributed by atoms with Crippen LogP contribution in [0.4, 0.5) is 0 Å². The Morgan fingerprint density at radius 3 is 2.20 bits per heavy atom. The van der Waals surface area contributed by atoms with Crippen LogP contribution in [0.1, 0.15) is 21.5 Å². The largest absolute Gasteiger partial charge is 0.489 e. The number of benzene rings is 2. The molecule has 0 spiro atoms. The third-order valence-electron chi connectivity index (χ3n) is 2.91. The van der Waals surface area contributed by atoms with E-state index in [1.807, 2.05) is 30.3 Å². The zero-order chi connectivity index (χ0) is 14.4. The monoisotopic (exact) mass is 268 g/mol. The van der Waals surface area contributed by atoms with Gasteiger partial charge in [0.05, 0.1) is 5.56 Å². The Bertz CT molecular complexity index is 583. The van der Waals surface area contributed by atoms with Crippen molar-refractivity contribution in [3.8, 4) is 5.75 Å². The van der Waals surface area contributed by atoms with Gasteiger partial charge in [0.15, 0.2) is 0 Å².